The van der Waals surface area contributed by atoms with Crippen molar-refractivity contribution in [1.82, 2.24) is 15.5 Å². The van der Waals surface area contributed by atoms with Crippen molar-refractivity contribution < 1.29 is 24.0 Å². The molecule has 1 fully saturated rings. The van der Waals surface area contributed by atoms with Crippen molar-refractivity contribution in [2.24, 2.45) is 4.99 Å². The molecule has 3 rings (SSSR count). The number of piperazine rings is 1. The predicted molar refractivity (Wildman–Crippen MR) is 120 cm³/mol. The van der Waals surface area contributed by atoms with Crippen LogP contribution in [0.4, 0.5) is 5.88 Å². The quantitative estimate of drug-likeness (QED) is 0.347. The molecule has 0 aliphatic carbocycles. The van der Waals surface area contributed by atoms with Crippen LogP contribution in [0.15, 0.2) is 33.9 Å². The highest BCUT2D eigenvalue weighted by Crippen LogP contribution is 2.21. The molecule has 1 aliphatic heterocycles. The van der Waals surface area contributed by atoms with Crippen LogP contribution in [0.1, 0.15) is 28.4 Å². The minimum atomic E-state index is -0.965. The normalized spacial score (nSPS) is 16.1. The molecule has 0 radical (unpaired) electrons. The first-order valence-corrected chi connectivity index (χ1v) is 11.3. The molecule has 1 amide bonds. The van der Waals surface area contributed by atoms with Crippen molar-refractivity contribution in [3.63, 3.8) is 0 Å². The molecule has 1 atom stereocenters. The van der Waals surface area contributed by atoms with Gasteiger partial charge in [-0.05, 0) is 37.9 Å². The molecule has 0 spiro atoms. The van der Waals surface area contributed by atoms with Gasteiger partial charge < -0.3 is 15.3 Å². The molecule has 1 aromatic carbocycles. The van der Waals surface area contributed by atoms with Gasteiger partial charge in [-0.1, -0.05) is 30.0 Å². The third-order valence-corrected chi connectivity index (χ3v) is 6.14. The van der Waals surface area contributed by atoms with E-state index in [0.29, 0.717) is 5.56 Å². The molecule has 0 saturated carbocycles. The third kappa shape index (κ3) is 6.07. The first kappa shape index (κ1) is 23.7. The number of carbonyl (C=O) groups is 2. The number of nitrogens with one attached hydrogen (secondary N) is 1. The standard InChI is InChI=1S/C21H28N6O4S/c1-14-6-5-7-15(2)19(14)21(30)32-13-17(22-16(3)28)20(29)23-18-12-27(24-31-18)26-10-8-25(4)9-11-26/h5-7,12,17H,8-11,13H2,1-4H3,(H-,22,23,24,28,29)/t17-/m0/s1. The molecular formula is C21H28N6O4S. The SMILES string of the molecule is CC(=O)N[C@@H](CSC(=O)c1c(C)cccc1C)C([O-])=Nc1c[n+](N2CCN(C)CC2)no1. The van der Waals surface area contributed by atoms with E-state index < -0.39 is 11.9 Å². The maximum Gasteiger partial charge on any atom is 0.324 e. The molecule has 2 aromatic rings. The number of hydrogen-bond donors (Lipinski definition) is 1. The summed E-state index contributed by atoms with van der Waals surface area (Å²) in [5.41, 5.74) is 2.35. The molecule has 0 unspecified atom stereocenters. The van der Waals surface area contributed by atoms with E-state index in [1.54, 1.807) is 0 Å². The van der Waals surface area contributed by atoms with E-state index in [1.165, 1.54) is 17.9 Å². The van der Waals surface area contributed by atoms with Gasteiger partial charge in [0, 0.05) is 31.3 Å². The van der Waals surface area contributed by atoms with Crippen LogP contribution in [0.25, 0.3) is 0 Å². The van der Waals surface area contributed by atoms with Gasteiger partial charge in [-0.3, -0.25) is 14.1 Å². The number of aliphatic imine (C=N–C) groups is 1. The van der Waals surface area contributed by atoms with E-state index in [1.807, 2.05) is 37.1 Å². The van der Waals surface area contributed by atoms with Crippen LogP contribution >= 0.6 is 11.8 Å². The average molecular weight is 461 g/mol. The van der Waals surface area contributed by atoms with Crippen LogP contribution < -0.4 is 20.2 Å². The smallest absolute Gasteiger partial charge is 0.324 e. The number of nitrogens with zero attached hydrogens (tertiary/aromatic N) is 5. The summed E-state index contributed by atoms with van der Waals surface area (Å²) in [5, 5.41) is 21.1. The van der Waals surface area contributed by atoms with E-state index in [0.717, 1.165) is 49.1 Å². The van der Waals surface area contributed by atoms with Crippen LogP contribution in [-0.2, 0) is 4.79 Å². The lowest BCUT2D eigenvalue weighted by Gasteiger charge is -2.26. The highest BCUT2D eigenvalue weighted by atomic mass is 32.2. The van der Waals surface area contributed by atoms with Gasteiger partial charge in [0.25, 0.3) is 6.20 Å². The van der Waals surface area contributed by atoms with Gasteiger partial charge >= 0.3 is 5.88 Å². The number of likely N-dealkylation sites (N-methyl/N-ethyl adjacent to an activating group) is 1. The Morgan fingerprint density at radius 2 is 1.94 bits per heavy atom. The number of rotatable bonds is 7. The highest BCUT2D eigenvalue weighted by molar-refractivity contribution is 8.14. The summed E-state index contributed by atoms with van der Waals surface area (Å²) in [5.74, 6) is -0.899. The Labute approximate surface area is 191 Å². The Kier molecular flexibility index (Phi) is 7.86. The Bertz CT molecular complexity index is 980. The second-order valence-electron chi connectivity index (χ2n) is 7.79. The molecule has 1 N–H and O–H groups in total. The van der Waals surface area contributed by atoms with E-state index >= 15 is 0 Å². The van der Waals surface area contributed by atoms with E-state index in [9.17, 15) is 14.7 Å². The zero-order valence-electron chi connectivity index (χ0n) is 18.7. The van der Waals surface area contributed by atoms with Gasteiger partial charge in [-0.2, -0.15) is 5.01 Å². The fourth-order valence-electron chi connectivity index (χ4n) is 3.39. The maximum absolute atomic E-state index is 12.7. The first-order valence-electron chi connectivity index (χ1n) is 10.3. The minimum Gasteiger partial charge on any atom is -0.860 e. The zero-order chi connectivity index (χ0) is 23.3. The van der Waals surface area contributed by atoms with Gasteiger partial charge in [-0.25, -0.2) is 4.99 Å². The summed E-state index contributed by atoms with van der Waals surface area (Å²) in [6.45, 7) is 8.37. The van der Waals surface area contributed by atoms with Crippen molar-refractivity contribution in [2.75, 3.05) is 44.0 Å². The molecule has 172 valence electrons. The first-order chi connectivity index (χ1) is 15.2. The fraction of sp³-hybridized carbons (Fsp3) is 0.476. The van der Waals surface area contributed by atoms with Gasteiger partial charge in [0.05, 0.1) is 23.9 Å². The lowest BCUT2D eigenvalue weighted by Crippen LogP contribution is -2.64. The molecule has 1 aromatic heterocycles. The molecule has 32 heavy (non-hydrogen) atoms. The topological polar surface area (TPSA) is 118 Å². The molecular weight excluding hydrogens is 432 g/mol. The fourth-order valence-corrected chi connectivity index (χ4v) is 4.40. The second kappa shape index (κ2) is 10.6. The number of thioether (sulfide) groups is 1. The Hall–Kier alpha value is -2.92. The summed E-state index contributed by atoms with van der Waals surface area (Å²) in [7, 11) is 2.05. The molecule has 0 bridgehead atoms. The van der Waals surface area contributed by atoms with Crippen molar-refractivity contribution in [2.45, 2.75) is 26.8 Å². The highest BCUT2D eigenvalue weighted by Gasteiger charge is 2.25. The number of benzene rings is 1. The lowest BCUT2D eigenvalue weighted by atomic mass is 10.0. The molecule has 2 heterocycles. The van der Waals surface area contributed by atoms with Crippen molar-refractivity contribution in [1.29, 1.82) is 0 Å². The summed E-state index contributed by atoms with van der Waals surface area (Å²) < 4.78 is 5.18. The number of aromatic nitrogens is 2. The Morgan fingerprint density at radius 1 is 1.28 bits per heavy atom. The monoisotopic (exact) mass is 460 g/mol. The number of amides is 1. The van der Waals surface area contributed by atoms with Crippen LogP contribution in [0.2, 0.25) is 0 Å². The van der Waals surface area contributed by atoms with Crippen LogP contribution in [0, 0.1) is 13.8 Å². The summed E-state index contributed by atoms with van der Waals surface area (Å²) in [6, 6.07) is 4.66. The third-order valence-electron chi connectivity index (χ3n) is 5.18. The van der Waals surface area contributed by atoms with Crippen molar-refractivity contribution in [3.8, 4) is 0 Å². The van der Waals surface area contributed by atoms with Gasteiger partial charge in [-0.15, -0.1) is 0 Å². The van der Waals surface area contributed by atoms with Gasteiger partial charge in [0.1, 0.15) is 0 Å². The number of carbonyl (C=O) groups excluding carboxylic acids is 2. The summed E-state index contributed by atoms with van der Waals surface area (Å²) in [6.07, 6.45) is 1.53. The Morgan fingerprint density at radius 3 is 2.56 bits per heavy atom. The molecule has 1 saturated heterocycles. The van der Waals surface area contributed by atoms with Gasteiger partial charge in [0.15, 0.2) is 0 Å². The lowest BCUT2D eigenvalue weighted by molar-refractivity contribution is -0.759. The van der Waals surface area contributed by atoms with Crippen LogP contribution in [-0.4, -0.2) is 72.1 Å². The molecule has 1 aliphatic rings. The van der Waals surface area contributed by atoms with Crippen LogP contribution in [0.5, 0.6) is 0 Å². The summed E-state index contributed by atoms with van der Waals surface area (Å²) >= 11 is 0.976. The second-order valence-corrected chi connectivity index (χ2v) is 8.78. The van der Waals surface area contributed by atoms with Crippen molar-refractivity contribution >= 4 is 34.6 Å². The minimum absolute atomic E-state index is 0.0374. The number of aryl methyl sites for hydroxylation is 2. The predicted octanol–water partition coefficient (Wildman–Crippen LogP) is -0.0691. The zero-order valence-corrected chi connectivity index (χ0v) is 19.5. The van der Waals surface area contributed by atoms with Gasteiger partial charge in [0.2, 0.25) is 16.3 Å². The number of hydrogen-bond acceptors (Lipinski definition) is 9. The molecule has 11 heteroatoms. The Balaban J connectivity index is 1.69. The summed E-state index contributed by atoms with van der Waals surface area (Å²) in [4.78, 5) is 32.1. The van der Waals surface area contributed by atoms with Crippen molar-refractivity contribution in [3.05, 3.63) is 41.1 Å². The van der Waals surface area contributed by atoms with E-state index in [2.05, 4.69) is 27.5 Å². The van der Waals surface area contributed by atoms with E-state index in [4.69, 9.17) is 4.52 Å². The van der Waals surface area contributed by atoms with Crippen LogP contribution in [0.3, 0.4) is 0 Å². The molecule has 10 nitrogen and oxygen atoms in total. The largest absolute Gasteiger partial charge is 0.860 e. The average Bonchev–Trinajstić information content (AvgIpc) is 3.19. The van der Waals surface area contributed by atoms with E-state index in [-0.39, 0.29) is 22.7 Å². The maximum atomic E-state index is 12.7.